The van der Waals surface area contributed by atoms with E-state index in [4.69, 9.17) is 5.73 Å². The zero-order valence-corrected chi connectivity index (χ0v) is 7.94. The summed E-state index contributed by atoms with van der Waals surface area (Å²) in [6.07, 6.45) is 5.33. The number of rotatable bonds is 1. The molecular formula is C11H11N3. The summed E-state index contributed by atoms with van der Waals surface area (Å²) in [4.78, 5) is 8.41. The Morgan fingerprint density at radius 2 is 2.29 bits per heavy atom. The van der Waals surface area contributed by atoms with E-state index in [0.717, 1.165) is 16.6 Å². The molecule has 0 bridgehead atoms. The second-order valence-electron chi connectivity index (χ2n) is 3.01. The summed E-state index contributed by atoms with van der Waals surface area (Å²) < 4.78 is 0. The van der Waals surface area contributed by atoms with Gasteiger partial charge in [-0.25, -0.2) is 0 Å². The molecule has 0 atom stereocenters. The third-order valence-corrected chi connectivity index (χ3v) is 2.10. The van der Waals surface area contributed by atoms with Crippen LogP contribution in [0.5, 0.6) is 0 Å². The van der Waals surface area contributed by atoms with Gasteiger partial charge in [-0.05, 0) is 19.1 Å². The normalized spacial score (nSPS) is 11.9. The number of aromatic nitrogens is 2. The SMILES string of the molecule is C/C=C(\N)c1cc2cccnc2cn1. The second-order valence-corrected chi connectivity index (χ2v) is 3.01. The minimum Gasteiger partial charge on any atom is -0.397 e. The van der Waals surface area contributed by atoms with Crippen molar-refractivity contribution >= 4 is 16.6 Å². The van der Waals surface area contributed by atoms with Crippen molar-refractivity contribution in [2.75, 3.05) is 0 Å². The topological polar surface area (TPSA) is 51.8 Å². The number of nitrogens with two attached hydrogens (primary N) is 1. The van der Waals surface area contributed by atoms with E-state index >= 15 is 0 Å². The molecular weight excluding hydrogens is 174 g/mol. The van der Waals surface area contributed by atoms with Gasteiger partial charge in [0.2, 0.25) is 0 Å². The van der Waals surface area contributed by atoms with E-state index in [2.05, 4.69) is 9.97 Å². The van der Waals surface area contributed by atoms with E-state index in [1.807, 2.05) is 31.2 Å². The highest BCUT2D eigenvalue weighted by Crippen LogP contribution is 2.13. The van der Waals surface area contributed by atoms with Gasteiger partial charge >= 0.3 is 0 Å². The first-order valence-electron chi connectivity index (χ1n) is 4.44. The number of nitrogens with zero attached hydrogens (tertiary/aromatic N) is 2. The largest absolute Gasteiger partial charge is 0.397 e. The molecule has 0 saturated carbocycles. The molecule has 0 spiro atoms. The Kier molecular flexibility index (Phi) is 2.14. The van der Waals surface area contributed by atoms with Crippen molar-refractivity contribution in [3.05, 3.63) is 42.4 Å². The highest BCUT2D eigenvalue weighted by molar-refractivity contribution is 5.80. The maximum atomic E-state index is 5.76. The van der Waals surface area contributed by atoms with E-state index in [-0.39, 0.29) is 0 Å². The molecule has 0 aliphatic heterocycles. The van der Waals surface area contributed by atoms with Crippen LogP contribution in [0.25, 0.3) is 16.6 Å². The molecule has 2 aromatic heterocycles. The average Bonchev–Trinajstić information content (AvgIpc) is 2.27. The Balaban J connectivity index is 2.62. The van der Waals surface area contributed by atoms with Gasteiger partial charge in [0.15, 0.2) is 0 Å². The van der Waals surface area contributed by atoms with Gasteiger partial charge in [0.25, 0.3) is 0 Å². The Bertz CT molecular complexity index is 489. The van der Waals surface area contributed by atoms with Crippen molar-refractivity contribution in [2.45, 2.75) is 6.92 Å². The number of allylic oxidation sites excluding steroid dienone is 1. The molecule has 0 fully saturated rings. The van der Waals surface area contributed by atoms with E-state index in [0.29, 0.717) is 5.70 Å². The second kappa shape index (κ2) is 3.46. The van der Waals surface area contributed by atoms with Crippen LogP contribution in [0.3, 0.4) is 0 Å². The van der Waals surface area contributed by atoms with Gasteiger partial charge in [-0.3, -0.25) is 9.97 Å². The average molecular weight is 185 g/mol. The zero-order chi connectivity index (χ0) is 9.97. The van der Waals surface area contributed by atoms with Crippen molar-refractivity contribution in [3.8, 4) is 0 Å². The lowest BCUT2D eigenvalue weighted by molar-refractivity contribution is 1.25. The molecule has 2 rings (SSSR count). The van der Waals surface area contributed by atoms with Crippen LogP contribution in [0.15, 0.2) is 36.7 Å². The highest BCUT2D eigenvalue weighted by atomic mass is 14.8. The van der Waals surface area contributed by atoms with E-state index in [1.54, 1.807) is 12.4 Å². The van der Waals surface area contributed by atoms with Crippen LogP contribution in [0.1, 0.15) is 12.6 Å². The van der Waals surface area contributed by atoms with E-state index in [1.165, 1.54) is 0 Å². The van der Waals surface area contributed by atoms with Gasteiger partial charge in [0.05, 0.1) is 23.1 Å². The predicted molar refractivity (Wildman–Crippen MR) is 57.4 cm³/mol. The number of hydrogen-bond donors (Lipinski definition) is 1. The highest BCUT2D eigenvalue weighted by Gasteiger charge is 1.99. The summed E-state index contributed by atoms with van der Waals surface area (Å²) in [5.74, 6) is 0. The van der Waals surface area contributed by atoms with Crippen molar-refractivity contribution in [3.63, 3.8) is 0 Å². The molecule has 0 saturated heterocycles. The fourth-order valence-electron chi connectivity index (χ4n) is 1.28. The van der Waals surface area contributed by atoms with Crippen LogP contribution in [0.2, 0.25) is 0 Å². The number of fused-ring (bicyclic) bond motifs is 1. The third-order valence-electron chi connectivity index (χ3n) is 2.10. The zero-order valence-electron chi connectivity index (χ0n) is 7.94. The molecule has 0 unspecified atom stereocenters. The van der Waals surface area contributed by atoms with Crippen LogP contribution in [0.4, 0.5) is 0 Å². The lowest BCUT2D eigenvalue weighted by Crippen LogP contribution is -1.98. The maximum Gasteiger partial charge on any atom is 0.0885 e. The quantitative estimate of drug-likeness (QED) is 0.738. The monoisotopic (exact) mass is 185 g/mol. The summed E-state index contributed by atoms with van der Waals surface area (Å²) in [5, 5.41) is 1.06. The van der Waals surface area contributed by atoms with Crippen LogP contribution in [-0.2, 0) is 0 Å². The summed E-state index contributed by atoms with van der Waals surface area (Å²) >= 11 is 0. The minimum atomic E-state index is 0.691. The van der Waals surface area contributed by atoms with Crippen molar-refractivity contribution in [1.82, 2.24) is 9.97 Å². The molecule has 0 aliphatic carbocycles. The maximum absolute atomic E-state index is 5.76. The fraction of sp³-hybridized carbons (Fsp3) is 0.0909. The molecule has 3 heteroatoms. The Morgan fingerprint density at radius 1 is 1.43 bits per heavy atom. The van der Waals surface area contributed by atoms with Gasteiger partial charge < -0.3 is 5.73 Å². The molecule has 14 heavy (non-hydrogen) atoms. The van der Waals surface area contributed by atoms with Gasteiger partial charge in [-0.15, -0.1) is 0 Å². The van der Waals surface area contributed by atoms with E-state index in [9.17, 15) is 0 Å². The van der Waals surface area contributed by atoms with Crippen molar-refractivity contribution in [1.29, 1.82) is 0 Å². The molecule has 0 radical (unpaired) electrons. The Hall–Kier alpha value is -1.90. The molecule has 0 amide bonds. The molecule has 2 heterocycles. The van der Waals surface area contributed by atoms with Gasteiger partial charge in [-0.1, -0.05) is 12.1 Å². The van der Waals surface area contributed by atoms with Crippen LogP contribution in [0, 0.1) is 0 Å². The Morgan fingerprint density at radius 3 is 3.07 bits per heavy atom. The van der Waals surface area contributed by atoms with Crippen LogP contribution in [-0.4, -0.2) is 9.97 Å². The van der Waals surface area contributed by atoms with E-state index < -0.39 is 0 Å². The molecule has 0 aromatic carbocycles. The van der Waals surface area contributed by atoms with Crippen LogP contribution < -0.4 is 5.73 Å². The molecule has 70 valence electrons. The van der Waals surface area contributed by atoms with Crippen molar-refractivity contribution < 1.29 is 0 Å². The van der Waals surface area contributed by atoms with Crippen LogP contribution >= 0.6 is 0 Å². The van der Waals surface area contributed by atoms with Crippen molar-refractivity contribution in [2.24, 2.45) is 5.73 Å². The first-order chi connectivity index (χ1) is 6.81. The predicted octanol–water partition coefficient (Wildman–Crippen LogP) is 1.95. The summed E-state index contributed by atoms with van der Waals surface area (Å²) in [6, 6.07) is 5.84. The first-order valence-corrected chi connectivity index (χ1v) is 4.44. The summed E-state index contributed by atoms with van der Waals surface area (Å²) in [7, 11) is 0. The number of pyridine rings is 2. The molecule has 2 N–H and O–H groups in total. The fourth-order valence-corrected chi connectivity index (χ4v) is 1.28. The third kappa shape index (κ3) is 1.44. The first kappa shape index (κ1) is 8.69. The smallest absolute Gasteiger partial charge is 0.0885 e. The lowest BCUT2D eigenvalue weighted by atomic mass is 10.2. The lowest BCUT2D eigenvalue weighted by Gasteiger charge is -2.01. The summed E-state index contributed by atoms with van der Waals surface area (Å²) in [5.41, 5.74) is 8.14. The summed E-state index contributed by atoms with van der Waals surface area (Å²) in [6.45, 7) is 1.89. The van der Waals surface area contributed by atoms with Gasteiger partial charge in [0, 0.05) is 11.6 Å². The number of hydrogen-bond acceptors (Lipinski definition) is 3. The van der Waals surface area contributed by atoms with Gasteiger partial charge in [0.1, 0.15) is 0 Å². The molecule has 3 nitrogen and oxygen atoms in total. The standard InChI is InChI=1S/C11H11N3/c1-2-9(12)10-6-8-4-3-5-13-11(8)7-14-10/h2-7H,12H2,1H3/b9-2-. The molecule has 2 aromatic rings. The Labute approximate surface area is 82.3 Å². The molecule has 0 aliphatic rings. The van der Waals surface area contributed by atoms with Gasteiger partial charge in [-0.2, -0.15) is 0 Å². The minimum absolute atomic E-state index is 0.691.